The number of imidazole rings is 1. The van der Waals surface area contributed by atoms with Crippen molar-refractivity contribution in [2.24, 2.45) is 0 Å². The first-order chi connectivity index (χ1) is 12.6. The standard InChI is InChI=1S/C20H24N4OS/c1-15-19(26-14-22-15)8-9-20(25)23-18(17-6-4-3-5-7-17)10-12-24-13-11-21-16(24)2/h3-7,11,13-14,18H,8-10,12H2,1-2H3,(H,23,25). The van der Waals surface area contributed by atoms with Crippen LogP contribution >= 0.6 is 11.3 Å². The molecule has 6 heteroatoms. The van der Waals surface area contributed by atoms with Crippen LogP contribution in [0.5, 0.6) is 0 Å². The lowest BCUT2D eigenvalue weighted by atomic mass is 10.0. The first-order valence-corrected chi connectivity index (χ1v) is 9.72. The maximum Gasteiger partial charge on any atom is 0.220 e. The van der Waals surface area contributed by atoms with Gasteiger partial charge in [0.1, 0.15) is 5.82 Å². The van der Waals surface area contributed by atoms with Gasteiger partial charge in [-0.25, -0.2) is 9.97 Å². The molecule has 136 valence electrons. The van der Waals surface area contributed by atoms with E-state index in [2.05, 4.69) is 32.0 Å². The lowest BCUT2D eigenvalue weighted by molar-refractivity contribution is -0.121. The summed E-state index contributed by atoms with van der Waals surface area (Å²) in [6.45, 7) is 4.80. The number of nitrogens with one attached hydrogen (secondary N) is 1. The SMILES string of the molecule is Cc1ncsc1CCC(=O)NC(CCn1ccnc1C)c1ccccc1. The van der Waals surface area contributed by atoms with Crippen LogP contribution in [0.25, 0.3) is 0 Å². The highest BCUT2D eigenvalue weighted by Crippen LogP contribution is 2.19. The molecule has 0 saturated heterocycles. The van der Waals surface area contributed by atoms with Gasteiger partial charge in [0.2, 0.25) is 5.91 Å². The summed E-state index contributed by atoms with van der Waals surface area (Å²) >= 11 is 1.62. The van der Waals surface area contributed by atoms with Crippen molar-refractivity contribution in [2.75, 3.05) is 0 Å². The van der Waals surface area contributed by atoms with E-state index in [0.717, 1.165) is 36.5 Å². The van der Waals surface area contributed by atoms with E-state index in [-0.39, 0.29) is 11.9 Å². The lowest BCUT2D eigenvalue weighted by Crippen LogP contribution is -2.29. The highest BCUT2D eigenvalue weighted by Gasteiger charge is 2.15. The molecule has 5 nitrogen and oxygen atoms in total. The van der Waals surface area contributed by atoms with Crippen molar-refractivity contribution in [2.45, 2.75) is 45.7 Å². The number of rotatable bonds is 8. The number of aryl methyl sites for hydroxylation is 4. The van der Waals surface area contributed by atoms with Crippen molar-refractivity contribution in [1.29, 1.82) is 0 Å². The van der Waals surface area contributed by atoms with Gasteiger partial charge in [0, 0.05) is 30.2 Å². The van der Waals surface area contributed by atoms with Gasteiger partial charge in [0.05, 0.1) is 17.2 Å². The van der Waals surface area contributed by atoms with Crippen molar-refractivity contribution in [1.82, 2.24) is 19.9 Å². The Kier molecular flexibility index (Phi) is 6.17. The predicted octanol–water partition coefficient (Wildman–Crippen LogP) is 3.84. The van der Waals surface area contributed by atoms with Crippen molar-refractivity contribution in [3.63, 3.8) is 0 Å². The molecule has 2 heterocycles. The van der Waals surface area contributed by atoms with Crippen molar-refractivity contribution >= 4 is 17.2 Å². The van der Waals surface area contributed by atoms with Crippen LogP contribution in [0.1, 0.15) is 40.8 Å². The van der Waals surface area contributed by atoms with Gasteiger partial charge < -0.3 is 9.88 Å². The number of aromatic nitrogens is 3. The number of amides is 1. The summed E-state index contributed by atoms with van der Waals surface area (Å²) in [6.07, 6.45) is 5.84. The highest BCUT2D eigenvalue weighted by molar-refractivity contribution is 7.09. The second kappa shape index (κ2) is 8.76. The minimum Gasteiger partial charge on any atom is -0.349 e. The number of thiazole rings is 1. The largest absolute Gasteiger partial charge is 0.349 e. The molecule has 3 rings (SSSR count). The lowest BCUT2D eigenvalue weighted by Gasteiger charge is -2.20. The van der Waals surface area contributed by atoms with Gasteiger partial charge in [-0.05, 0) is 32.3 Å². The summed E-state index contributed by atoms with van der Waals surface area (Å²) in [5.41, 5.74) is 3.99. The molecular weight excluding hydrogens is 344 g/mol. The van der Waals surface area contributed by atoms with Gasteiger partial charge in [-0.15, -0.1) is 11.3 Å². The molecule has 0 aliphatic heterocycles. The fraction of sp³-hybridized carbons (Fsp3) is 0.350. The zero-order valence-electron chi connectivity index (χ0n) is 15.2. The number of hydrogen-bond donors (Lipinski definition) is 1. The fourth-order valence-electron chi connectivity index (χ4n) is 2.98. The molecule has 0 aliphatic carbocycles. The van der Waals surface area contributed by atoms with Crippen LogP contribution in [0.4, 0.5) is 0 Å². The van der Waals surface area contributed by atoms with Crippen LogP contribution in [-0.4, -0.2) is 20.4 Å². The maximum absolute atomic E-state index is 12.5. The zero-order chi connectivity index (χ0) is 18.4. The van der Waals surface area contributed by atoms with Gasteiger partial charge in [-0.3, -0.25) is 4.79 Å². The normalized spacial score (nSPS) is 12.1. The molecule has 0 bridgehead atoms. The molecule has 0 aliphatic rings. The second-order valence-electron chi connectivity index (χ2n) is 6.35. The predicted molar refractivity (Wildman–Crippen MR) is 104 cm³/mol. The van der Waals surface area contributed by atoms with E-state index in [0.29, 0.717) is 6.42 Å². The van der Waals surface area contributed by atoms with Crippen molar-refractivity contribution in [3.05, 3.63) is 70.2 Å². The third-order valence-corrected chi connectivity index (χ3v) is 5.54. The van der Waals surface area contributed by atoms with Gasteiger partial charge in [0.25, 0.3) is 0 Å². The molecule has 26 heavy (non-hydrogen) atoms. The van der Waals surface area contributed by atoms with Gasteiger partial charge in [-0.2, -0.15) is 0 Å². The van der Waals surface area contributed by atoms with Crippen LogP contribution in [0.2, 0.25) is 0 Å². The van der Waals surface area contributed by atoms with Crippen molar-refractivity contribution in [3.8, 4) is 0 Å². The molecule has 0 saturated carbocycles. The van der Waals surface area contributed by atoms with Crippen LogP contribution < -0.4 is 5.32 Å². The zero-order valence-corrected chi connectivity index (χ0v) is 16.0. The fourth-order valence-corrected chi connectivity index (χ4v) is 3.76. The summed E-state index contributed by atoms with van der Waals surface area (Å²) < 4.78 is 2.11. The number of carbonyl (C=O) groups is 1. The van der Waals surface area contributed by atoms with E-state index >= 15 is 0 Å². The van der Waals surface area contributed by atoms with Crippen molar-refractivity contribution < 1.29 is 4.79 Å². The molecule has 0 radical (unpaired) electrons. The Bertz CT molecular complexity index is 840. The minimum atomic E-state index is -0.00643. The molecule has 0 fully saturated rings. The number of hydrogen-bond acceptors (Lipinski definition) is 4. The van der Waals surface area contributed by atoms with E-state index in [1.165, 1.54) is 4.88 Å². The Hall–Kier alpha value is -2.47. The Labute approximate surface area is 158 Å². The first-order valence-electron chi connectivity index (χ1n) is 8.84. The van der Waals surface area contributed by atoms with Gasteiger partial charge in [-0.1, -0.05) is 30.3 Å². The van der Waals surface area contributed by atoms with Crippen LogP contribution in [0.15, 0.2) is 48.2 Å². The Balaban J connectivity index is 1.62. The van der Waals surface area contributed by atoms with E-state index in [1.54, 1.807) is 11.3 Å². The van der Waals surface area contributed by atoms with Crippen LogP contribution in [0, 0.1) is 13.8 Å². The molecule has 1 atom stereocenters. The van der Waals surface area contributed by atoms with Crippen LogP contribution in [0.3, 0.4) is 0 Å². The summed E-state index contributed by atoms with van der Waals surface area (Å²) in [6, 6.07) is 10.1. The third-order valence-electron chi connectivity index (χ3n) is 4.54. The molecule has 0 spiro atoms. The smallest absolute Gasteiger partial charge is 0.220 e. The van der Waals surface area contributed by atoms with Gasteiger partial charge >= 0.3 is 0 Å². The van der Waals surface area contributed by atoms with E-state index in [1.807, 2.05) is 50.0 Å². The average Bonchev–Trinajstić information content (AvgIpc) is 3.25. The van der Waals surface area contributed by atoms with E-state index in [4.69, 9.17) is 0 Å². The average molecular weight is 369 g/mol. The number of nitrogens with zero attached hydrogens (tertiary/aromatic N) is 3. The molecule has 1 unspecified atom stereocenters. The topological polar surface area (TPSA) is 59.8 Å². The third kappa shape index (κ3) is 4.79. The van der Waals surface area contributed by atoms with Gasteiger partial charge in [0.15, 0.2) is 0 Å². The summed E-state index contributed by atoms with van der Waals surface area (Å²) in [5.74, 6) is 1.07. The Morgan fingerprint density at radius 3 is 2.69 bits per heavy atom. The second-order valence-corrected chi connectivity index (χ2v) is 7.29. The molecule has 1 N–H and O–H groups in total. The van der Waals surface area contributed by atoms with E-state index < -0.39 is 0 Å². The summed E-state index contributed by atoms with van der Waals surface area (Å²) in [4.78, 5) is 22.2. The number of benzene rings is 1. The molecule has 1 aromatic carbocycles. The number of carbonyl (C=O) groups excluding carboxylic acids is 1. The van der Waals surface area contributed by atoms with Crippen LogP contribution in [-0.2, 0) is 17.8 Å². The Morgan fingerprint density at radius 1 is 1.23 bits per heavy atom. The molecule has 1 amide bonds. The summed E-state index contributed by atoms with van der Waals surface area (Å²) in [7, 11) is 0. The maximum atomic E-state index is 12.5. The monoisotopic (exact) mass is 368 g/mol. The Morgan fingerprint density at radius 2 is 2.04 bits per heavy atom. The highest BCUT2D eigenvalue weighted by atomic mass is 32.1. The molecule has 3 aromatic rings. The minimum absolute atomic E-state index is 0.00643. The molecule has 2 aromatic heterocycles. The first kappa shape index (κ1) is 18.3. The molecular formula is C20H24N4OS. The quantitative estimate of drug-likeness (QED) is 0.657. The van der Waals surface area contributed by atoms with E-state index in [9.17, 15) is 4.79 Å². The summed E-state index contributed by atoms with van der Waals surface area (Å²) in [5, 5.41) is 3.21.